The normalized spacial score (nSPS) is 24.8. The third-order valence-electron chi connectivity index (χ3n) is 5.30. The van der Waals surface area contributed by atoms with Gasteiger partial charge in [-0.2, -0.15) is 13.2 Å². The second-order valence-corrected chi connectivity index (χ2v) is 8.17. The Hall–Kier alpha value is -1.93. The number of halogens is 3. The molecule has 2 atom stereocenters. The Balaban J connectivity index is 1.42. The summed E-state index contributed by atoms with van der Waals surface area (Å²) in [6.45, 7) is 0. The fraction of sp³-hybridized carbons (Fsp3) is 0.474. The van der Waals surface area contributed by atoms with Crippen LogP contribution in [0.15, 0.2) is 29.6 Å². The number of carbonyl (C=O) groups excluding carboxylic acids is 1. The van der Waals surface area contributed by atoms with Crippen molar-refractivity contribution in [1.82, 2.24) is 10.3 Å². The Labute approximate surface area is 159 Å². The second-order valence-electron chi connectivity index (χ2n) is 7.31. The molecule has 2 unspecified atom stereocenters. The standard InChI is InChI=1S/C19H20F3N3OS/c20-19(21,22)15-4-2-1-3-14(15)16-10-27-18(24-16)25-17(26)9-11-7-12-5-6-13(8-11)23-12/h1-4,10-13,23H,5-9H2,(H,24,25,26). The molecule has 8 heteroatoms. The minimum Gasteiger partial charge on any atom is -0.311 e. The van der Waals surface area contributed by atoms with Crippen LogP contribution in [0.25, 0.3) is 11.3 Å². The van der Waals surface area contributed by atoms with Crippen LogP contribution in [0.2, 0.25) is 0 Å². The molecular formula is C19H20F3N3OS. The van der Waals surface area contributed by atoms with E-state index in [0.29, 0.717) is 29.6 Å². The maximum absolute atomic E-state index is 13.2. The van der Waals surface area contributed by atoms with Gasteiger partial charge in [0.25, 0.3) is 0 Å². The minimum atomic E-state index is -4.45. The van der Waals surface area contributed by atoms with Crippen LogP contribution >= 0.6 is 11.3 Å². The van der Waals surface area contributed by atoms with Crippen molar-refractivity contribution < 1.29 is 18.0 Å². The van der Waals surface area contributed by atoms with E-state index in [1.54, 1.807) is 11.4 Å². The zero-order valence-electron chi connectivity index (χ0n) is 14.6. The highest BCUT2D eigenvalue weighted by Crippen LogP contribution is 2.38. The number of amides is 1. The lowest BCUT2D eigenvalue weighted by molar-refractivity contribution is -0.137. The topological polar surface area (TPSA) is 54.0 Å². The number of rotatable bonds is 4. The number of nitrogens with one attached hydrogen (secondary N) is 2. The SMILES string of the molecule is O=C(CC1CC2CCC(C1)N2)Nc1nc(-c2ccccc2C(F)(F)F)cs1. The molecule has 0 saturated carbocycles. The maximum atomic E-state index is 13.2. The molecular weight excluding hydrogens is 375 g/mol. The fourth-order valence-corrected chi connectivity index (χ4v) is 4.91. The van der Waals surface area contributed by atoms with Gasteiger partial charge in [0.15, 0.2) is 5.13 Å². The third kappa shape index (κ3) is 4.16. The Kier molecular flexibility index (Phi) is 4.94. The van der Waals surface area contributed by atoms with E-state index >= 15 is 0 Å². The number of fused-ring (bicyclic) bond motifs is 2. The number of thiazole rings is 1. The van der Waals surface area contributed by atoms with E-state index in [1.165, 1.54) is 25.0 Å². The first kappa shape index (κ1) is 18.4. The van der Waals surface area contributed by atoms with E-state index in [9.17, 15) is 18.0 Å². The molecule has 4 nitrogen and oxygen atoms in total. The molecule has 2 aliphatic heterocycles. The molecule has 2 aromatic rings. The van der Waals surface area contributed by atoms with Crippen molar-refractivity contribution in [3.05, 3.63) is 35.2 Å². The van der Waals surface area contributed by atoms with Crippen LogP contribution in [0.1, 0.15) is 37.7 Å². The Bertz CT molecular complexity index is 824. The summed E-state index contributed by atoms with van der Waals surface area (Å²) in [4.78, 5) is 16.5. The van der Waals surface area contributed by atoms with E-state index in [-0.39, 0.29) is 17.2 Å². The number of nitrogens with zero attached hydrogens (tertiary/aromatic N) is 1. The van der Waals surface area contributed by atoms with Crippen LogP contribution in [0, 0.1) is 5.92 Å². The Morgan fingerprint density at radius 3 is 2.63 bits per heavy atom. The van der Waals surface area contributed by atoms with Crippen LogP contribution in [-0.2, 0) is 11.0 Å². The zero-order valence-corrected chi connectivity index (χ0v) is 15.4. The molecule has 2 saturated heterocycles. The van der Waals surface area contributed by atoms with Crippen molar-refractivity contribution in [2.75, 3.05) is 5.32 Å². The smallest absolute Gasteiger partial charge is 0.311 e. The number of hydrogen-bond donors (Lipinski definition) is 2. The third-order valence-corrected chi connectivity index (χ3v) is 6.06. The van der Waals surface area contributed by atoms with Crippen molar-refractivity contribution in [3.8, 4) is 11.3 Å². The van der Waals surface area contributed by atoms with Gasteiger partial charge in [-0.1, -0.05) is 18.2 Å². The Morgan fingerprint density at radius 2 is 1.93 bits per heavy atom. The van der Waals surface area contributed by atoms with Crippen LogP contribution < -0.4 is 10.6 Å². The number of alkyl halides is 3. The molecule has 144 valence electrons. The lowest BCUT2D eigenvalue weighted by Gasteiger charge is -2.28. The van der Waals surface area contributed by atoms with Gasteiger partial charge in [-0.15, -0.1) is 11.3 Å². The fourth-order valence-electron chi connectivity index (χ4n) is 4.18. The predicted octanol–water partition coefficient (Wildman–Crippen LogP) is 4.69. The van der Waals surface area contributed by atoms with Gasteiger partial charge in [0.05, 0.1) is 11.3 Å². The van der Waals surface area contributed by atoms with Gasteiger partial charge in [0, 0.05) is 29.4 Å². The van der Waals surface area contributed by atoms with Gasteiger partial charge in [-0.25, -0.2) is 4.98 Å². The first-order valence-corrected chi connectivity index (χ1v) is 9.94. The number of carbonyl (C=O) groups is 1. The van der Waals surface area contributed by atoms with Crippen molar-refractivity contribution in [2.45, 2.75) is 50.4 Å². The van der Waals surface area contributed by atoms with Gasteiger partial charge < -0.3 is 10.6 Å². The number of anilines is 1. The summed E-state index contributed by atoms with van der Waals surface area (Å²) < 4.78 is 39.5. The predicted molar refractivity (Wildman–Crippen MR) is 98.5 cm³/mol. The summed E-state index contributed by atoms with van der Waals surface area (Å²) in [7, 11) is 0. The van der Waals surface area contributed by atoms with Crippen LogP contribution in [-0.4, -0.2) is 23.0 Å². The number of piperidine rings is 1. The molecule has 1 aromatic heterocycles. The summed E-state index contributed by atoms with van der Waals surface area (Å²) in [5, 5.41) is 8.19. The van der Waals surface area contributed by atoms with E-state index in [0.717, 1.165) is 30.2 Å². The molecule has 2 bridgehead atoms. The molecule has 0 spiro atoms. The average Bonchev–Trinajstić information content (AvgIpc) is 3.20. The first-order chi connectivity index (χ1) is 12.9. The van der Waals surface area contributed by atoms with Crippen LogP contribution in [0.4, 0.5) is 18.3 Å². The largest absolute Gasteiger partial charge is 0.417 e. The summed E-state index contributed by atoms with van der Waals surface area (Å²) in [6.07, 6.45) is 0.354. The highest BCUT2D eigenvalue weighted by atomic mass is 32.1. The molecule has 1 aromatic carbocycles. The molecule has 1 amide bonds. The Morgan fingerprint density at radius 1 is 1.22 bits per heavy atom. The van der Waals surface area contributed by atoms with E-state index in [4.69, 9.17) is 0 Å². The van der Waals surface area contributed by atoms with E-state index in [2.05, 4.69) is 15.6 Å². The molecule has 0 radical (unpaired) electrons. The number of aromatic nitrogens is 1. The van der Waals surface area contributed by atoms with Crippen molar-refractivity contribution in [3.63, 3.8) is 0 Å². The van der Waals surface area contributed by atoms with Crippen molar-refractivity contribution >= 4 is 22.4 Å². The monoisotopic (exact) mass is 395 g/mol. The van der Waals surface area contributed by atoms with Crippen LogP contribution in [0.3, 0.4) is 0 Å². The lowest BCUT2D eigenvalue weighted by Crippen LogP contribution is -2.39. The van der Waals surface area contributed by atoms with Crippen molar-refractivity contribution in [2.24, 2.45) is 5.92 Å². The van der Waals surface area contributed by atoms with Crippen molar-refractivity contribution in [1.29, 1.82) is 0 Å². The highest BCUT2D eigenvalue weighted by Gasteiger charge is 2.35. The number of hydrogen-bond acceptors (Lipinski definition) is 4. The van der Waals surface area contributed by atoms with Crippen LogP contribution in [0.5, 0.6) is 0 Å². The van der Waals surface area contributed by atoms with Gasteiger partial charge >= 0.3 is 6.18 Å². The maximum Gasteiger partial charge on any atom is 0.417 e. The molecule has 2 N–H and O–H groups in total. The average molecular weight is 395 g/mol. The van der Waals surface area contributed by atoms with E-state index < -0.39 is 11.7 Å². The minimum absolute atomic E-state index is 0.0247. The second kappa shape index (κ2) is 7.24. The summed E-state index contributed by atoms with van der Waals surface area (Å²) >= 11 is 1.14. The van der Waals surface area contributed by atoms with Gasteiger partial charge in [-0.3, -0.25) is 4.79 Å². The molecule has 2 fully saturated rings. The highest BCUT2D eigenvalue weighted by molar-refractivity contribution is 7.14. The number of benzene rings is 1. The quantitative estimate of drug-likeness (QED) is 0.790. The van der Waals surface area contributed by atoms with Gasteiger partial charge in [-0.05, 0) is 37.7 Å². The summed E-state index contributed by atoms with van der Waals surface area (Å²) in [5.74, 6) is 0.237. The summed E-state index contributed by atoms with van der Waals surface area (Å²) in [6, 6.07) is 6.38. The zero-order chi connectivity index (χ0) is 19.0. The molecule has 27 heavy (non-hydrogen) atoms. The van der Waals surface area contributed by atoms with Gasteiger partial charge in [0.1, 0.15) is 0 Å². The molecule has 4 rings (SSSR count). The molecule has 3 heterocycles. The summed E-state index contributed by atoms with van der Waals surface area (Å²) in [5.41, 5.74) is -0.474. The lowest BCUT2D eigenvalue weighted by atomic mass is 9.89. The first-order valence-electron chi connectivity index (χ1n) is 9.06. The molecule has 2 aliphatic rings. The van der Waals surface area contributed by atoms with Gasteiger partial charge in [0.2, 0.25) is 5.91 Å². The molecule has 0 aliphatic carbocycles. The van der Waals surface area contributed by atoms with E-state index in [1.807, 2.05) is 0 Å².